The number of halogens is 2. The van der Waals surface area contributed by atoms with Gasteiger partial charge in [0, 0.05) is 0 Å². The maximum absolute atomic E-state index is 13.0. The van der Waals surface area contributed by atoms with Gasteiger partial charge in [0.2, 0.25) is 0 Å². The highest BCUT2D eigenvalue weighted by molar-refractivity contribution is 6.44. The zero-order valence-electron chi connectivity index (χ0n) is 18.9. The Morgan fingerprint density at radius 1 is 0.944 bits per heavy atom. The molecular weight excluding hydrogens is 499 g/mol. The van der Waals surface area contributed by atoms with E-state index in [-0.39, 0.29) is 27.1 Å². The number of carbonyl (C=O) groups excluding carboxylic acids is 2. The molecule has 0 aliphatic rings. The molecule has 178 valence electrons. The molecule has 0 unspecified atom stereocenters. The summed E-state index contributed by atoms with van der Waals surface area (Å²) in [4.78, 5) is 25.7. The minimum atomic E-state index is -0.674. The van der Waals surface area contributed by atoms with E-state index in [9.17, 15) is 14.9 Å². The molecule has 0 fully saturated rings. The molecule has 0 aliphatic heterocycles. The Bertz CT molecular complexity index is 1550. The number of hydrogen-bond donors (Lipinski definition) is 1. The molecule has 0 aromatic heterocycles. The summed E-state index contributed by atoms with van der Waals surface area (Å²) in [6.07, 6.45) is 1.36. The van der Waals surface area contributed by atoms with E-state index in [1.807, 2.05) is 36.4 Å². The summed E-state index contributed by atoms with van der Waals surface area (Å²) in [6, 6.07) is 24.2. The van der Waals surface area contributed by atoms with Crippen molar-refractivity contribution in [2.24, 2.45) is 0 Å². The fourth-order valence-corrected chi connectivity index (χ4v) is 3.87. The first-order valence-electron chi connectivity index (χ1n) is 10.7. The molecule has 0 heterocycles. The summed E-state index contributed by atoms with van der Waals surface area (Å²) in [5.41, 5.74) is 0.921. The number of benzene rings is 4. The highest BCUT2D eigenvalue weighted by Crippen LogP contribution is 2.32. The lowest BCUT2D eigenvalue weighted by molar-refractivity contribution is -0.112. The smallest absolute Gasteiger partial charge is 0.344 e. The van der Waals surface area contributed by atoms with Gasteiger partial charge in [0.1, 0.15) is 11.6 Å². The van der Waals surface area contributed by atoms with Crippen molar-refractivity contribution in [3.63, 3.8) is 0 Å². The Hall–Kier alpha value is -4.31. The molecule has 1 amide bonds. The average molecular weight is 517 g/mol. The number of amides is 1. The second kappa shape index (κ2) is 11.0. The molecule has 0 atom stereocenters. The van der Waals surface area contributed by atoms with Crippen molar-refractivity contribution < 1.29 is 19.1 Å². The number of ether oxygens (including phenoxy) is 2. The Morgan fingerprint density at radius 2 is 1.69 bits per heavy atom. The molecule has 0 spiro atoms. The summed E-state index contributed by atoms with van der Waals surface area (Å²) in [5, 5.41) is 14.2. The Labute approximate surface area is 217 Å². The SMILES string of the molecule is COc1ccc(/C=C(\C#N)C(=O)Nc2cccc(Cl)c2Cl)cc1OC(=O)c1cccc2ccccc12. The molecule has 4 rings (SSSR count). The molecule has 4 aromatic rings. The van der Waals surface area contributed by atoms with E-state index >= 15 is 0 Å². The number of methoxy groups -OCH3 is 1. The number of esters is 1. The van der Waals surface area contributed by atoms with Crippen LogP contribution in [0.3, 0.4) is 0 Å². The number of nitrogens with one attached hydrogen (secondary N) is 1. The highest BCUT2D eigenvalue weighted by Gasteiger charge is 2.17. The summed E-state index contributed by atoms with van der Waals surface area (Å²) in [5.74, 6) is -0.791. The van der Waals surface area contributed by atoms with Gasteiger partial charge in [-0.3, -0.25) is 4.79 Å². The topological polar surface area (TPSA) is 88.4 Å². The van der Waals surface area contributed by atoms with Crippen molar-refractivity contribution >= 4 is 57.6 Å². The lowest BCUT2D eigenvalue weighted by atomic mass is 10.0. The molecule has 6 nitrogen and oxygen atoms in total. The highest BCUT2D eigenvalue weighted by atomic mass is 35.5. The van der Waals surface area contributed by atoms with Crippen LogP contribution in [0.15, 0.2) is 84.4 Å². The van der Waals surface area contributed by atoms with Gasteiger partial charge in [-0.2, -0.15) is 5.26 Å². The first-order chi connectivity index (χ1) is 17.4. The van der Waals surface area contributed by atoms with Gasteiger partial charge < -0.3 is 14.8 Å². The Morgan fingerprint density at radius 3 is 2.47 bits per heavy atom. The largest absolute Gasteiger partial charge is 0.493 e. The van der Waals surface area contributed by atoms with Crippen LogP contribution in [0.25, 0.3) is 16.8 Å². The van der Waals surface area contributed by atoms with Gasteiger partial charge in [0.05, 0.1) is 28.4 Å². The predicted octanol–water partition coefficient (Wildman–Crippen LogP) is 6.92. The third-order valence-corrected chi connectivity index (χ3v) is 6.09. The van der Waals surface area contributed by atoms with Crippen LogP contribution in [0.5, 0.6) is 11.5 Å². The van der Waals surface area contributed by atoms with Gasteiger partial charge in [0.25, 0.3) is 5.91 Å². The number of carbonyl (C=O) groups is 2. The van der Waals surface area contributed by atoms with Crippen LogP contribution in [0.4, 0.5) is 5.69 Å². The van der Waals surface area contributed by atoms with E-state index in [1.165, 1.54) is 19.3 Å². The summed E-state index contributed by atoms with van der Waals surface area (Å²) in [7, 11) is 1.45. The molecule has 8 heteroatoms. The second-order valence-electron chi connectivity index (χ2n) is 7.55. The molecule has 0 bridgehead atoms. The number of nitriles is 1. The van der Waals surface area contributed by atoms with Crippen LogP contribution >= 0.6 is 23.2 Å². The van der Waals surface area contributed by atoms with Crippen molar-refractivity contribution in [1.82, 2.24) is 0 Å². The molecule has 36 heavy (non-hydrogen) atoms. The van der Waals surface area contributed by atoms with Gasteiger partial charge in [-0.1, -0.05) is 71.7 Å². The van der Waals surface area contributed by atoms with E-state index < -0.39 is 11.9 Å². The lowest BCUT2D eigenvalue weighted by Gasteiger charge is -2.12. The third kappa shape index (κ3) is 5.33. The molecule has 0 aliphatic carbocycles. The van der Waals surface area contributed by atoms with Gasteiger partial charge in [0.15, 0.2) is 11.5 Å². The molecule has 0 saturated carbocycles. The minimum Gasteiger partial charge on any atom is -0.493 e. The minimum absolute atomic E-state index is 0.139. The molecule has 0 saturated heterocycles. The van der Waals surface area contributed by atoms with Crippen molar-refractivity contribution in [2.75, 3.05) is 12.4 Å². The quantitative estimate of drug-likeness (QED) is 0.130. The van der Waals surface area contributed by atoms with Crippen LogP contribution in [0.1, 0.15) is 15.9 Å². The van der Waals surface area contributed by atoms with Crippen LogP contribution < -0.4 is 14.8 Å². The first kappa shape index (κ1) is 24.8. The van der Waals surface area contributed by atoms with E-state index in [4.69, 9.17) is 32.7 Å². The van der Waals surface area contributed by atoms with E-state index in [0.29, 0.717) is 16.9 Å². The zero-order valence-corrected chi connectivity index (χ0v) is 20.4. The van der Waals surface area contributed by atoms with E-state index in [2.05, 4.69) is 5.32 Å². The second-order valence-corrected chi connectivity index (χ2v) is 8.34. The average Bonchev–Trinajstić information content (AvgIpc) is 2.89. The maximum Gasteiger partial charge on any atom is 0.344 e. The van der Waals surface area contributed by atoms with Gasteiger partial charge >= 0.3 is 5.97 Å². The monoisotopic (exact) mass is 516 g/mol. The number of hydrogen-bond acceptors (Lipinski definition) is 5. The van der Waals surface area contributed by atoms with Crippen LogP contribution in [-0.4, -0.2) is 19.0 Å². The maximum atomic E-state index is 13.0. The standard InChI is InChI=1S/C28H18Cl2N2O4/c1-35-24-13-12-17(14-19(16-31)27(33)32-23-11-5-10-22(29)26(23)30)15-25(24)36-28(34)21-9-4-7-18-6-2-3-8-20(18)21/h2-15H,1H3,(H,32,33)/b19-14+. The molecule has 1 N–H and O–H groups in total. The third-order valence-electron chi connectivity index (χ3n) is 5.28. The van der Waals surface area contributed by atoms with Gasteiger partial charge in [-0.05, 0) is 52.7 Å². The van der Waals surface area contributed by atoms with Gasteiger partial charge in [-0.25, -0.2) is 4.79 Å². The predicted molar refractivity (Wildman–Crippen MR) is 141 cm³/mol. The van der Waals surface area contributed by atoms with Gasteiger partial charge in [-0.15, -0.1) is 0 Å². The van der Waals surface area contributed by atoms with E-state index in [0.717, 1.165) is 10.8 Å². The van der Waals surface area contributed by atoms with Crippen molar-refractivity contribution in [2.45, 2.75) is 0 Å². The summed E-state index contributed by atoms with van der Waals surface area (Å²) < 4.78 is 11.0. The Kier molecular flexibility index (Phi) is 7.55. The zero-order chi connectivity index (χ0) is 25.7. The van der Waals surface area contributed by atoms with E-state index in [1.54, 1.807) is 42.5 Å². The first-order valence-corrected chi connectivity index (χ1v) is 11.4. The van der Waals surface area contributed by atoms with Crippen molar-refractivity contribution in [3.05, 3.63) is 106 Å². The normalized spacial score (nSPS) is 11.0. The molecule has 4 aromatic carbocycles. The molecular formula is C28H18Cl2N2O4. The number of fused-ring (bicyclic) bond motifs is 1. The fraction of sp³-hybridized carbons (Fsp3) is 0.0357. The van der Waals surface area contributed by atoms with Crippen molar-refractivity contribution in [1.29, 1.82) is 5.26 Å². The van der Waals surface area contributed by atoms with Crippen LogP contribution in [0.2, 0.25) is 10.0 Å². The fourth-order valence-electron chi connectivity index (χ4n) is 3.53. The Balaban J connectivity index is 1.62. The number of anilines is 1. The summed E-state index contributed by atoms with van der Waals surface area (Å²) >= 11 is 12.1. The summed E-state index contributed by atoms with van der Waals surface area (Å²) in [6.45, 7) is 0. The lowest BCUT2D eigenvalue weighted by Crippen LogP contribution is -2.14. The van der Waals surface area contributed by atoms with Crippen LogP contribution in [-0.2, 0) is 4.79 Å². The number of nitrogens with zero attached hydrogens (tertiary/aromatic N) is 1. The van der Waals surface area contributed by atoms with Crippen molar-refractivity contribution in [3.8, 4) is 17.6 Å². The number of rotatable bonds is 6. The molecule has 0 radical (unpaired) electrons. The van der Waals surface area contributed by atoms with Crippen LogP contribution in [0, 0.1) is 11.3 Å².